The summed E-state index contributed by atoms with van der Waals surface area (Å²) in [6, 6.07) is 3.95. The predicted octanol–water partition coefficient (Wildman–Crippen LogP) is 4.26. The van der Waals surface area contributed by atoms with E-state index in [1.807, 2.05) is 6.92 Å². The fourth-order valence-corrected chi connectivity index (χ4v) is 3.77. The molecule has 1 aliphatic rings. The van der Waals surface area contributed by atoms with Crippen molar-refractivity contribution >= 4 is 11.7 Å². The summed E-state index contributed by atoms with van der Waals surface area (Å²) in [5, 5.41) is 9.63. The minimum absolute atomic E-state index is 0.146. The van der Waals surface area contributed by atoms with Gasteiger partial charge in [-0.15, -0.1) is 0 Å². The molecule has 0 aromatic heterocycles. The van der Waals surface area contributed by atoms with Crippen LogP contribution >= 0.6 is 0 Å². The van der Waals surface area contributed by atoms with Gasteiger partial charge in [0.2, 0.25) is 0 Å². The summed E-state index contributed by atoms with van der Waals surface area (Å²) >= 11 is 0. The summed E-state index contributed by atoms with van der Waals surface area (Å²) in [6.45, 7) is 12.7. The Labute approximate surface area is 128 Å². The Kier molecular flexibility index (Phi) is 4.05. The number of hydrogen-bond acceptors (Lipinski definition) is 2. The second kappa shape index (κ2) is 5.36. The normalized spacial score (nSPS) is 21.8. The third-order valence-electron chi connectivity index (χ3n) is 4.87. The lowest BCUT2D eigenvalue weighted by atomic mass is 9.78. The molecule has 1 aromatic rings. The highest BCUT2D eigenvalue weighted by Crippen LogP contribution is 2.45. The second-order valence-corrected chi connectivity index (χ2v) is 7.05. The molecule has 0 unspecified atom stereocenters. The number of carbonyl (C=O) groups is 1. The molecule has 2 atom stereocenters. The van der Waals surface area contributed by atoms with Crippen molar-refractivity contribution in [2.75, 3.05) is 4.90 Å². The van der Waals surface area contributed by atoms with Crippen LogP contribution in [-0.4, -0.2) is 22.7 Å². The average Bonchev–Trinajstić information content (AvgIpc) is 2.36. The average molecular weight is 289 g/mol. The van der Waals surface area contributed by atoms with Gasteiger partial charge in [0, 0.05) is 11.2 Å². The zero-order valence-corrected chi connectivity index (χ0v) is 14.0. The monoisotopic (exact) mass is 289 g/mol. The van der Waals surface area contributed by atoms with Gasteiger partial charge in [-0.2, -0.15) is 0 Å². The van der Waals surface area contributed by atoms with Gasteiger partial charge in [0.05, 0.1) is 0 Å². The van der Waals surface area contributed by atoms with E-state index in [9.17, 15) is 9.90 Å². The highest BCUT2D eigenvalue weighted by atomic mass is 16.4. The molecule has 0 amide bonds. The molecular weight excluding hydrogens is 262 g/mol. The highest BCUT2D eigenvalue weighted by molar-refractivity contribution is 5.80. The first kappa shape index (κ1) is 15.9. The first-order chi connectivity index (χ1) is 9.69. The lowest BCUT2D eigenvalue weighted by Gasteiger charge is -2.50. The van der Waals surface area contributed by atoms with Crippen LogP contribution in [0.5, 0.6) is 0 Å². The number of aryl methyl sites for hydroxylation is 2. The molecule has 116 valence electrons. The molecule has 1 heterocycles. The topological polar surface area (TPSA) is 40.5 Å². The quantitative estimate of drug-likeness (QED) is 0.904. The summed E-state index contributed by atoms with van der Waals surface area (Å²) in [7, 11) is 0. The Balaban J connectivity index is 2.66. The van der Waals surface area contributed by atoms with E-state index in [2.05, 4.69) is 51.7 Å². The lowest BCUT2D eigenvalue weighted by Crippen LogP contribution is -2.56. The lowest BCUT2D eigenvalue weighted by molar-refractivity contribution is -0.139. The number of carboxylic acid groups (broad SMARTS) is 1. The number of anilines is 1. The van der Waals surface area contributed by atoms with Gasteiger partial charge in [0.15, 0.2) is 0 Å². The van der Waals surface area contributed by atoms with E-state index in [-0.39, 0.29) is 5.54 Å². The molecule has 3 heteroatoms. The van der Waals surface area contributed by atoms with Crippen molar-refractivity contribution in [1.29, 1.82) is 0 Å². The van der Waals surface area contributed by atoms with Gasteiger partial charge in [0.1, 0.15) is 6.04 Å². The Morgan fingerprint density at radius 1 is 1.38 bits per heavy atom. The molecule has 0 radical (unpaired) electrons. The molecule has 0 spiro atoms. The van der Waals surface area contributed by atoms with Crippen LogP contribution in [0.3, 0.4) is 0 Å². The molecule has 0 saturated carbocycles. The van der Waals surface area contributed by atoms with Crippen LogP contribution in [0.2, 0.25) is 0 Å². The summed E-state index contributed by atoms with van der Waals surface area (Å²) in [4.78, 5) is 13.9. The Morgan fingerprint density at radius 3 is 2.48 bits per heavy atom. The Morgan fingerprint density at radius 2 is 1.95 bits per heavy atom. The van der Waals surface area contributed by atoms with Crippen molar-refractivity contribution in [3.63, 3.8) is 0 Å². The molecule has 0 fully saturated rings. The maximum atomic E-state index is 11.7. The van der Waals surface area contributed by atoms with Crippen LogP contribution in [0.25, 0.3) is 0 Å². The molecule has 0 bridgehead atoms. The summed E-state index contributed by atoms with van der Waals surface area (Å²) < 4.78 is 0. The molecular formula is C18H27NO2. The van der Waals surface area contributed by atoms with E-state index in [1.54, 1.807) is 0 Å². The van der Waals surface area contributed by atoms with Crippen molar-refractivity contribution in [3.8, 4) is 0 Å². The van der Waals surface area contributed by atoms with Gasteiger partial charge >= 0.3 is 5.97 Å². The third-order valence-corrected chi connectivity index (χ3v) is 4.87. The number of hydrogen-bond donors (Lipinski definition) is 1. The van der Waals surface area contributed by atoms with Crippen molar-refractivity contribution < 1.29 is 9.90 Å². The van der Waals surface area contributed by atoms with Crippen molar-refractivity contribution in [1.82, 2.24) is 0 Å². The van der Waals surface area contributed by atoms with Gasteiger partial charge in [-0.25, -0.2) is 4.79 Å². The fraction of sp³-hybridized carbons (Fsp3) is 0.611. The summed E-state index contributed by atoms with van der Waals surface area (Å²) in [5.41, 5.74) is 4.76. The van der Waals surface area contributed by atoms with E-state index in [0.717, 1.165) is 12.1 Å². The fourth-order valence-electron chi connectivity index (χ4n) is 3.77. The molecule has 2 rings (SSSR count). The molecule has 3 nitrogen and oxygen atoms in total. The molecule has 1 aromatic carbocycles. The van der Waals surface area contributed by atoms with Crippen LogP contribution < -0.4 is 4.90 Å². The van der Waals surface area contributed by atoms with Crippen LogP contribution in [0, 0.1) is 13.8 Å². The van der Waals surface area contributed by atoms with E-state index >= 15 is 0 Å². The smallest absolute Gasteiger partial charge is 0.326 e. The van der Waals surface area contributed by atoms with E-state index in [4.69, 9.17) is 0 Å². The number of rotatable bonds is 3. The van der Waals surface area contributed by atoms with E-state index in [1.165, 1.54) is 16.7 Å². The van der Waals surface area contributed by atoms with Crippen LogP contribution in [0.15, 0.2) is 12.1 Å². The minimum Gasteiger partial charge on any atom is -0.480 e. The number of aliphatic carboxylic acids is 1. The predicted molar refractivity (Wildman–Crippen MR) is 87.2 cm³/mol. The largest absolute Gasteiger partial charge is 0.480 e. The maximum Gasteiger partial charge on any atom is 0.326 e. The van der Waals surface area contributed by atoms with Gasteiger partial charge in [0.25, 0.3) is 0 Å². The summed E-state index contributed by atoms with van der Waals surface area (Å²) in [5.74, 6) is -0.277. The van der Waals surface area contributed by atoms with Crippen molar-refractivity contribution in [3.05, 3.63) is 28.8 Å². The molecule has 0 aliphatic carbocycles. The van der Waals surface area contributed by atoms with Gasteiger partial charge in [-0.3, -0.25) is 0 Å². The minimum atomic E-state index is -0.732. The molecule has 1 aliphatic heterocycles. The number of carboxylic acids is 1. The number of benzene rings is 1. The molecule has 0 saturated heterocycles. The van der Waals surface area contributed by atoms with Crippen LogP contribution in [0.1, 0.15) is 63.1 Å². The maximum absolute atomic E-state index is 11.7. The Hall–Kier alpha value is -1.51. The number of fused-ring (bicyclic) bond motifs is 1. The zero-order chi connectivity index (χ0) is 15.9. The third kappa shape index (κ3) is 2.66. The SMILES string of the molecule is CC[C@H](C(=O)O)N1c2cc(C)c(C)cc2[C@@H](C)CC1(C)C. The zero-order valence-electron chi connectivity index (χ0n) is 14.0. The molecule has 1 N–H and O–H groups in total. The Bertz CT molecular complexity index is 563. The highest BCUT2D eigenvalue weighted by Gasteiger charge is 2.41. The first-order valence-electron chi connectivity index (χ1n) is 7.82. The van der Waals surface area contributed by atoms with Crippen molar-refractivity contribution in [2.24, 2.45) is 0 Å². The second-order valence-electron chi connectivity index (χ2n) is 7.05. The molecule has 21 heavy (non-hydrogen) atoms. The van der Waals surface area contributed by atoms with Gasteiger partial charge in [-0.05, 0) is 69.2 Å². The van der Waals surface area contributed by atoms with Gasteiger partial charge < -0.3 is 10.0 Å². The summed E-state index contributed by atoms with van der Waals surface area (Å²) in [6.07, 6.45) is 1.59. The van der Waals surface area contributed by atoms with Crippen molar-refractivity contribution in [2.45, 2.75) is 71.9 Å². The van der Waals surface area contributed by atoms with Crippen LogP contribution in [-0.2, 0) is 4.79 Å². The van der Waals surface area contributed by atoms with E-state index < -0.39 is 12.0 Å². The first-order valence-corrected chi connectivity index (χ1v) is 7.82. The van der Waals surface area contributed by atoms with Crippen LogP contribution in [0.4, 0.5) is 5.69 Å². The standard InChI is InChI=1S/C18H27NO2/c1-7-15(17(20)21)19-16-9-12(3)11(2)8-14(16)13(4)10-18(19,5)6/h8-9,13,15H,7,10H2,1-6H3,(H,20,21)/t13-,15+/m0/s1. The van der Waals surface area contributed by atoms with Gasteiger partial charge in [-0.1, -0.05) is 19.9 Å². The number of nitrogens with zero attached hydrogens (tertiary/aromatic N) is 1. The van der Waals surface area contributed by atoms with E-state index in [0.29, 0.717) is 12.3 Å².